The van der Waals surface area contributed by atoms with Crippen LogP contribution in [0.3, 0.4) is 0 Å². The van der Waals surface area contributed by atoms with Crippen LogP contribution in [0.2, 0.25) is 0 Å². The maximum atomic E-state index is 8.31. The van der Waals surface area contributed by atoms with E-state index < -0.39 is 0 Å². The molecule has 1 N–H and O–H groups in total. The first-order valence-corrected chi connectivity index (χ1v) is 2.46. The van der Waals surface area contributed by atoms with Crippen LogP contribution in [-0.4, -0.2) is 5.11 Å². The molecule has 0 atom stereocenters. The van der Waals surface area contributed by atoms with Crippen LogP contribution in [0, 0.1) is 17.2 Å². The first-order chi connectivity index (χ1) is 3.72. The minimum Gasteiger partial charge on any atom is -0.515 e. The average Bonchev–Trinajstić information content (AvgIpc) is 1.69. The Hall–Kier alpha value is -0.970. The fraction of sp³-hybridized carbons (Fsp3) is 0.500. The van der Waals surface area contributed by atoms with Gasteiger partial charge in [-0.3, -0.25) is 0 Å². The number of rotatable bonds is 1. The summed E-state index contributed by atoms with van der Waals surface area (Å²) in [5, 5.41) is 16.5. The van der Waals surface area contributed by atoms with Gasteiger partial charge in [0.25, 0.3) is 0 Å². The Labute approximate surface area is 49.1 Å². The lowest BCUT2D eigenvalue weighted by Crippen LogP contribution is -1.89. The Bertz CT molecular complexity index is 130. The molecule has 0 saturated heterocycles. The molecule has 2 heteroatoms. The number of aliphatic hydroxyl groups is 1. The lowest BCUT2D eigenvalue weighted by Gasteiger charge is -1.96. The molecule has 0 aliphatic carbocycles. The van der Waals surface area contributed by atoms with Crippen molar-refractivity contribution in [2.75, 3.05) is 0 Å². The predicted octanol–water partition coefficient (Wildman–Crippen LogP) is 1.61. The van der Waals surface area contributed by atoms with Crippen molar-refractivity contribution in [1.82, 2.24) is 0 Å². The van der Waals surface area contributed by atoms with Gasteiger partial charge in [-0.15, -0.1) is 0 Å². The monoisotopic (exact) mass is 111 g/mol. The molecule has 0 saturated carbocycles. The largest absolute Gasteiger partial charge is 0.515 e. The second-order valence-electron chi connectivity index (χ2n) is 1.85. The molecule has 0 aliphatic heterocycles. The fourth-order valence-corrected chi connectivity index (χ4v) is 0.307. The summed E-state index contributed by atoms with van der Waals surface area (Å²) < 4.78 is 0. The van der Waals surface area contributed by atoms with Crippen LogP contribution in [0.15, 0.2) is 11.8 Å². The lowest BCUT2D eigenvalue weighted by atomic mass is 10.1. The molecule has 0 unspecified atom stereocenters. The lowest BCUT2D eigenvalue weighted by molar-refractivity contribution is 0.462. The number of nitriles is 1. The van der Waals surface area contributed by atoms with E-state index in [2.05, 4.69) is 0 Å². The van der Waals surface area contributed by atoms with Gasteiger partial charge in [0.05, 0.1) is 17.9 Å². The van der Waals surface area contributed by atoms with E-state index in [-0.39, 0.29) is 5.92 Å². The molecule has 0 aromatic heterocycles. The summed E-state index contributed by atoms with van der Waals surface area (Å²) in [6.07, 6.45) is 0.852. The van der Waals surface area contributed by atoms with E-state index in [1.54, 1.807) is 0 Å². The van der Waals surface area contributed by atoms with Gasteiger partial charge in [0, 0.05) is 0 Å². The summed E-state index contributed by atoms with van der Waals surface area (Å²) in [6.45, 7) is 3.70. The highest BCUT2D eigenvalue weighted by Gasteiger charge is 1.98. The van der Waals surface area contributed by atoms with Gasteiger partial charge >= 0.3 is 0 Å². The zero-order chi connectivity index (χ0) is 6.57. The van der Waals surface area contributed by atoms with Crippen LogP contribution in [0.1, 0.15) is 13.8 Å². The second-order valence-corrected chi connectivity index (χ2v) is 1.85. The maximum absolute atomic E-state index is 8.31. The van der Waals surface area contributed by atoms with Crippen molar-refractivity contribution in [3.05, 3.63) is 11.8 Å². The third-order valence-corrected chi connectivity index (χ3v) is 0.890. The van der Waals surface area contributed by atoms with E-state index in [0.717, 1.165) is 6.26 Å². The van der Waals surface area contributed by atoms with Gasteiger partial charge in [-0.25, -0.2) is 0 Å². The molecule has 0 aromatic carbocycles. The van der Waals surface area contributed by atoms with Gasteiger partial charge in [-0.05, 0) is 5.92 Å². The molecule has 0 aromatic rings. The molecule has 0 spiro atoms. The zero-order valence-corrected chi connectivity index (χ0v) is 5.05. The van der Waals surface area contributed by atoms with E-state index in [1.807, 2.05) is 19.9 Å². The highest BCUT2D eigenvalue weighted by Crippen LogP contribution is 2.05. The number of hydrogen-bond donors (Lipinski definition) is 1. The van der Waals surface area contributed by atoms with E-state index >= 15 is 0 Å². The van der Waals surface area contributed by atoms with Crippen LogP contribution < -0.4 is 0 Å². The third-order valence-electron chi connectivity index (χ3n) is 0.890. The summed E-state index contributed by atoms with van der Waals surface area (Å²) in [5.74, 6) is 0.130. The minimum atomic E-state index is 0.130. The van der Waals surface area contributed by atoms with E-state index in [1.165, 1.54) is 0 Å². The second kappa shape index (κ2) is 3.09. The van der Waals surface area contributed by atoms with Crippen molar-refractivity contribution < 1.29 is 5.11 Å². The fourth-order valence-electron chi connectivity index (χ4n) is 0.307. The number of hydrogen-bond acceptors (Lipinski definition) is 2. The third kappa shape index (κ3) is 1.65. The van der Waals surface area contributed by atoms with Gasteiger partial charge in [0.15, 0.2) is 0 Å². The number of allylic oxidation sites excluding steroid dienone is 1. The van der Waals surface area contributed by atoms with Gasteiger partial charge in [-0.2, -0.15) is 5.26 Å². The van der Waals surface area contributed by atoms with Crippen molar-refractivity contribution in [1.29, 1.82) is 5.26 Å². The SMILES string of the molecule is CC(C)C(C#N)=CO. The number of aliphatic hydroxyl groups excluding tert-OH is 1. The molecule has 2 nitrogen and oxygen atoms in total. The maximum Gasteiger partial charge on any atom is 0.0982 e. The molecular formula is C6H9NO. The predicted molar refractivity (Wildman–Crippen MR) is 31.2 cm³/mol. The van der Waals surface area contributed by atoms with Crippen molar-refractivity contribution in [3.8, 4) is 6.07 Å². The van der Waals surface area contributed by atoms with Gasteiger partial charge in [0.1, 0.15) is 0 Å². The van der Waals surface area contributed by atoms with Crippen molar-refractivity contribution in [2.24, 2.45) is 5.92 Å². The topological polar surface area (TPSA) is 44.0 Å². The Kier molecular flexibility index (Phi) is 2.71. The highest BCUT2D eigenvalue weighted by atomic mass is 16.2. The van der Waals surface area contributed by atoms with Crippen LogP contribution in [0.5, 0.6) is 0 Å². The van der Waals surface area contributed by atoms with Gasteiger partial charge < -0.3 is 5.11 Å². The van der Waals surface area contributed by atoms with Crippen LogP contribution in [-0.2, 0) is 0 Å². The van der Waals surface area contributed by atoms with Crippen molar-refractivity contribution in [2.45, 2.75) is 13.8 Å². The van der Waals surface area contributed by atoms with Gasteiger partial charge in [0.2, 0.25) is 0 Å². The van der Waals surface area contributed by atoms with Crippen LogP contribution in [0.25, 0.3) is 0 Å². The summed E-state index contributed by atoms with van der Waals surface area (Å²) >= 11 is 0. The molecule has 0 amide bonds. The molecule has 0 fully saturated rings. The first kappa shape index (κ1) is 7.03. The zero-order valence-electron chi connectivity index (χ0n) is 5.05. The first-order valence-electron chi connectivity index (χ1n) is 2.46. The Morgan fingerprint density at radius 2 is 2.25 bits per heavy atom. The van der Waals surface area contributed by atoms with Gasteiger partial charge in [-0.1, -0.05) is 13.8 Å². The quantitative estimate of drug-likeness (QED) is 0.412. The van der Waals surface area contributed by atoms with E-state index in [9.17, 15) is 0 Å². The Morgan fingerprint density at radius 3 is 2.25 bits per heavy atom. The van der Waals surface area contributed by atoms with Crippen LogP contribution in [0.4, 0.5) is 0 Å². The molecule has 44 valence electrons. The smallest absolute Gasteiger partial charge is 0.0982 e. The summed E-state index contributed by atoms with van der Waals surface area (Å²) in [5.41, 5.74) is 0.421. The normalized spacial score (nSPS) is 11.5. The van der Waals surface area contributed by atoms with E-state index in [0.29, 0.717) is 5.57 Å². The summed E-state index contributed by atoms with van der Waals surface area (Å²) in [6, 6.07) is 1.86. The molecule has 0 heterocycles. The molecule has 0 rings (SSSR count). The standard InChI is InChI=1S/C6H9NO/c1-5(2)6(3-7)4-8/h4-5,8H,1-2H3. The highest BCUT2D eigenvalue weighted by molar-refractivity contribution is 5.19. The minimum absolute atomic E-state index is 0.130. The average molecular weight is 111 g/mol. The van der Waals surface area contributed by atoms with Crippen LogP contribution >= 0.6 is 0 Å². The van der Waals surface area contributed by atoms with Crippen molar-refractivity contribution >= 4 is 0 Å². The molecule has 0 aliphatic rings. The molecule has 0 radical (unpaired) electrons. The van der Waals surface area contributed by atoms with Crippen molar-refractivity contribution in [3.63, 3.8) is 0 Å². The van der Waals surface area contributed by atoms with E-state index in [4.69, 9.17) is 10.4 Å². The summed E-state index contributed by atoms with van der Waals surface area (Å²) in [4.78, 5) is 0. The summed E-state index contributed by atoms with van der Waals surface area (Å²) in [7, 11) is 0. The number of nitrogens with zero attached hydrogens (tertiary/aromatic N) is 1. The Morgan fingerprint density at radius 1 is 1.75 bits per heavy atom. The molecule has 0 bridgehead atoms. The molecular weight excluding hydrogens is 102 g/mol. The molecule has 8 heavy (non-hydrogen) atoms. The Balaban J connectivity index is 3.98.